The zero-order valence-electron chi connectivity index (χ0n) is 11.7. The molecule has 1 nitrogen and oxygen atoms in total. The van der Waals surface area contributed by atoms with Crippen LogP contribution in [0, 0.1) is 11.8 Å². The lowest BCUT2D eigenvalue weighted by molar-refractivity contribution is -0.135. The lowest BCUT2D eigenvalue weighted by atomic mass is 9.80. The zero-order valence-corrected chi connectivity index (χ0v) is 11.7. The Bertz CT molecular complexity index is 230. The lowest BCUT2D eigenvalue weighted by Crippen LogP contribution is -2.41. The molecule has 0 spiro atoms. The van der Waals surface area contributed by atoms with Crippen LogP contribution in [0.25, 0.3) is 0 Å². The van der Waals surface area contributed by atoms with Crippen molar-refractivity contribution in [2.24, 2.45) is 11.8 Å². The van der Waals surface area contributed by atoms with E-state index in [1.165, 1.54) is 6.42 Å². The number of halogens is 3. The Morgan fingerprint density at radius 1 is 1.11 bits per heavy atom. The highest BCUT2D eigenvalue weighted by molar-refractivity contribution is 4.81. The second-order valence-electron chi connectivity index (χ2n) is 6.19. The Morgan fingerprint density at radius 3 is 2.17 bits per heavy atom. The zero-order chi connectivity index (χ0) is 13.8. The van der Waals surface area contributed by atoms with Gasteiger partial charge in [-0.1, -0.05) is 13.8 Å². The molecule has 1 saturated carbocycles. The van der Waals surface area contributed by atoms with Gasteiger partial charge in [-0.3, -0.25) is 0 Å². The van der Waals surface area contributed by atoms with Crippen LogP contribution >= 0.6 is 0 Å². The molecular formula is C14H26F3N. The van der Waals surface area contributed by atoms with Gasteiger partial charge in [0.1, 0.15) is 0 Å². The molecule has 3 atom stereocenters. The molecule has 4 heteroatoms. The molecule has 0 saturated heterocycles. The first kappa shape index (κ1) is 15.8. The van der Waals surface area contributed by atoms with Crippen LogP contribution in [0.5, 0.6) is 0 Å². The standard InChI is InChI=1S/C14H26F3N/c1-10-7-11(2)9-13(8-10)18-12(3)5-4-6-14(15,16)17/h10-13,18H,4-9H2,1-3H3. The maximum atomic E-state index is 12.0. The fraction of sp³-hybridized carbons (Fsp3) is 1.00. The molecule has 0 aromatic carbocycles. The molecule has 0 radical (unpaired) electrons. The van der Waals surface area contributed by atoms with Crippen LogP contribution in [-0.4, -0.2) is 18.3 Å². The quantitative estimate of drug-likeness (QED) is 0.770. The summed E-state index contributed by atoms with van der Waals surface area (Å²) in [5.74, 6) is 1.46. The number of nitrogens with one attached hydrogen (secondary N) is 1. The molecule has 1 fully saturated rings. The highest BCUT2D eigenvalue weighted by Gasteiger charge is 2.27. The van der Waals surface area contributed by atoms with E-state index in [9.17, 15) is 13.2 Å². The second kappa shape index (κ2) is 6.78. The highest BCUT2D eigenvalue weighted by Crippen LogP contribution is 2.29. The Hall–Kier alpha value is -0.250. The maximum absolute atomic E-state index is 12.0. The Labute approximate surface area is 109 Å². The monoisotopic (exact) mass is 265 g/mol. The minimum Gasteiger partial charge on any atom is -0.311 e. The summed E-state index contributed by atoms with van der Waals surface area (Å²) in [6, 6.07) is 0.680. The summed E-state index contributed by atoms with van der Waals surface area (Å²) in [4.78, 5) is 0. The summed E-state index contributed by atoms with van der Waals surface area (Å²) in [6.45, 7) is 6.53. The van der Waals surface area contributed by atoms with Gasteiger partial charge in [0.2, 0.25) is 0 Å². The molecule has 1 rings (SSSR count). The molecule has 0 bridgehead atoms. The van der Waals surface area contributed by atoms with Crippen molar-refractivity contribution >= 4 is 0 Å². The normalized spacial score (nSPS) is 31.3. The van der Waals surface area contributed by atoms with Crippen LogP contribution in [0.2, 0.25) is 0 Å². The highest BCUT2D eigenvalue weighted by atomic mass is 19.4. The lowest BCUT2D eigenvalue weighted by Gasteiger charge is -2.34. The van der Waals surface area contributed by atoms with E-state index in [1.807, 2.05) is 6.92 Å². The van der Waals surface area contributed by atoms with Crippen LogP contribution in [0.15, 0.2) is 0 Å². The first-order valence-electron chi connectivity index (χ1n) is 7.09. The van der Waals surface area contributed by atoms with E-state index in [4.69, 9.17) is 0 Å². The molecule has 3 unspecified atom stereocenters. The molecule has 18 heavy (non-hydrogen) atoms. The fourth-order valence-electron chi connectivity index (χ4n) is 3.18. The van der Waals surface area contributed by atoms with E-state index >= 15 is 0 Å². The Morgan fingerprint density at radius 2 is 1.67 bits per heavy atom. The smallest absolute Gasteiger partial charge is 0.311 e. The molecule has 1 N–H and O–H groups in total. The van der Waals surface area contributed by atoms with Gasteiger partial charge >= 0.3 is 6.18 Å². The van der Waals surface area contributed by atoms with Crippen molar-refractivity contribution in [2.75, 3.05) is 0 Å². The van der Waals surface area contributed by atoms with Crippen molar-refractivity contribution in [3.63, 3.8) is 0 Å². The number of hydrogen-bond donors (Lipinski definition) is 1. The van der Waals surface area contributed by atoms with Gasteiger partial charge in [-0.15, -0.1) is 0 Å². The number of alkyl halides is 3. The predicted molar refractivity (Wildman–Crippen MR) is 68.5 cm³/mol. The SMILES string of the molecule is CC1CC(C)CC(NC(C)CCCC(F)(F)F)C1. The van der Waals surface area contributed by atoms with Gasteiger partial charge in [0.25, 0.3) is 0 Å². The van der Waals surface area contributed by atoms with Crippen molar-refractivity contribution in [1.29, 1.82) is 0 Å². The van der Waals surface area contributed by atoms with Crippen LogP contribution in [0.3, 0.4) is 0 Å². The topological polar surface area (TPSA) is 12.0 Å². The molecule has 0 aliphatic heterocycles. The molecule has 0 aromatic rings. The van der Waals surface area contributed by atoms with E-state index in [-0.39, 0.29) is 12.5 Å². The van der Waals surface area contributed by atoms with Crippen molar-refractivity contribution in [2.45, 2.75) is 77.6 Å². The molecular weight excluding hydrogens is 239 g/mol. The van der Waals surface area contributed by atoms with Gasteiger partial charge in [-0.05, 0) is 50.9 Å². The van der Waals surface area contributed by atoms with Crippen molar-refractivity contribution in [3.05, 3.63) is 0 Å². The van der Waals surface area contributed by atoms with Crippen molar-refractivity contribution in [1.82, 2.24) is 5.32 Å². The second-order valence-corrected chi connectivity index (χ2v) is 6.19. The van der Waals surface area contributed by atoms with Crippen LogP contribution < -0.4 is 5.32 Å². The van der Waals surface area contributed by atoms with Gasteiger partial charge in [0.15, 0.2) is 0 Å². The largest absolute Gasteiger partial charge is 0.389 e. The molecule has 1 aliphatic rings. The summed E-state index contributed by atoms with van der Waals surface area (Å²) in [5.41, 5.74) is 0. The first-order valence-corrected chi connectivity index (χ1v) is 7.09. The van der Waals surface area contributed by atoms with Gasteiger partial charge in [0.05, 0.1) is 0 Å². The molecule has 1 aliphatic carbocycles. The summed E-state index contributed by atoms with van der Waals surface area (Å²) >= 11 is 0. The third-order valence-electron chi connectivity index (χ3n) is 3.80. The molecule has 0 amide bonds. The average Bonchev–Trinajstić information content (AvgIpc) is 2.12. The van der Waals surface area contributed by atoms with Crippen molar-refractivity contribution in [3.8, 4) is 0 Å². The molecule has 0 aromatic heterocycles. The predicted octanol–water partition coefficient (Wildman–Crippen LogP) is 4.52. The van der Waals surface area contributed by atoms with Crippen LogP contribution in [-0.2, 0) is 0 Å². The summed E-state index contributed by atoms with van der Waals surface area (Å²) in [7, 11) is 0. The fourth-order valence-corrected chi connectivity index (χ4v) is 3.18. The summed E-state index contributed by atoms with van der Waals surface area (Å²) < 4.78 is 36.1. The van der Waals surface area contributed by atoms with Gasteiger partial charge in [0, 0.05) is 18.5 Å². The van der Waals surface area contributed by atoms with Gasteiger partial charge in [-0.2, -0.15) is 13.2 Å². The average molecular weight is 265 g/mol. The van der Waals surface area contributed by atoms with E-state index < -0.39 is 12.6 Å². The van der Waals surface area contributed by atoms with Gasteiger partial charge in [-0.25, -0.2) is 0 Å². The number of hydrogen-bond acceptors (Lipinski definition) is 1. The minimum atomic E-state index is -4.01. The Kier molecular flexibility index (Phi) is 5.96. The van der Waals surface area contributed by atoms with Crippen LogP contribution in [0.4, 0.5) is 13.2 Å². The third-order valence-corrected chi connectivity index (χ3v) is 3.80. The summed E-state index contributed by atoms with van der Waals surface area (Å²) in [6.07, 6.45) is -0.221. The van der Waals surface area contributed by atoms with E-state index in [1.54, 1.807) is 0 Å². The number of rotatable bonds is 5. The maximum Gasteiger partial charge on any atom is 0.389 e. The molecule has 0 heterocycles. The van der Waals surface area contributed by atoms with E-state index in [0.717, 1.165) is 24.7 Å². The van der Waals surface area contributed by atoms with Gasteiger partial charge < -0.3 is 5.32 Å². The summed E-state index contributed by atoms with van der Waals surface area (Å²) in [5, 5.41) is 3.50. The van der Waals surface area contributed by atoms with Crippen molar-refractivity contribution < 1.29 is 13.2 Å². The Balaban J connectivity index is 2.21. The van der Waals surface area contributed by atoms with Crippen LogP contribution in [0.1, 0.15) is 59.3 Å². The molecule has 108 valence electrons. The van der Waals surface area contributed by atoms with E-state index in [0.29, 0.717) is 12.5 Å². The third kappa shape index (κ3) is 6.62. The first-order chi connectivity index (χ1) is 8.26. The van der Waals surface area contributed by atoms with E-state index in [2.05, 4.69) is 19.2 Å². The minimum absolute atomic E-state index is 0.190.